The molecule has 1 unspecified atom stereocenters. The lowest BCUT2D eigenvalue weighted by Gasteiger charge is -2.10. The van der Waals surface area contributed by atoms with Crippen LogP contribution >= 0.6 is 34.3 Å². The molecule has 3 heterocycles. The van der Waals surface area contributed by atoms with E-state index in [1.165, 1.54) is 27.6 Å². The summed E-state index contributed by atoms with van der Waals surface area (Å²) in [5.74, 6) is -0.156. The second-order valence-corrected chi connectivity index (χ2v) is 7.61. The highest BCUT2D eigenvalue weighted by molar-refractivity contribution is 7.16. The van der Waals surface area contributed by atoms with Crippen LogP contribution in [0.1, 0.15) is 31.1 Å². The lowest BCUT2D eigenvalue weighted by Crippen LogP contribution is -2.27. The van der Waals surface area contributed by atoms with Crippen LogP contribution in [0.2, 0.25) is 4.34 Å². The van der Waals surface area contributed by atoms with Gasteiger partial charge in [-0.3, -0.25) is 4.79 Å². The number of fused-ring (bicyclic) bond motifs is 1. The summed E-state index contributed by atoms with van der Waals surface area (Å²) >= 11 is 8.65. The minimum absolute atomic E-state index is 0.156. The van der Waals surface area contributed by atoms with E-state index in [4.69, 9.17) is 16.3 Å². The first-order chi connectivity index (χ1) is 10.1. The summed E-state index contributed by atoms with van der Waals surface area (Å²) in [6.45, 7) is 1.47. The fraction of sp³-hybridized carbons (Fsp3) is 0.357. The van der Waals surface area contributed by atoms with E-state index in [0.717, 1.165) is 16.9 Å². The van der Waals surface area contributed by atoms with Crippen LogP contribution < -0.4 is 5.32 Å². The monoisotopic (exact) mass is 343 g/mol. The Morgan fingerprint density at radius 1 is 1.48 bits per heavy atom. The van der Waals surface area contributed by atoms with Crippen LogP contribution in [0.4, 0.5) is 0 Å². The molecule has 1 amide bonds. The van der Waals surface area contributed by atoms with Gasteiger partial charge in [-0.1, -0.05) is 11.6 Å². The average molecular weight is 344 g/mol. The highest BCUT2D eigenvalue weighted by Gasteiger charge is 2.18. The lowest BCUT2D eigenvalue weighted by atomic mass is 10.2. The van der Waals surface area contributed by atoms with Gasteiger partial charge >= 0.3 is 0 Å². The van der Waals surface area contributed by atoms with Crippen LogP contribution in [0.25, 0.3) is 0 Å². The molecule has 2 N–H and O–H groups in total. The number of rotatable bonds is 4. The summed E-state index contributed by atoms with van der Waals surface area (Å²) in [4.78, 5) is 14.8. The zero-order valence-corrected chi connectivity index (χ0v) is 13.5. The Bertz CT molecular complexity index is 629. The van der Waals surface area contributed by atoms with Gasteiger partial charge in [0.05, 0.1) is 22.4 Å². The first kappa shape index (κ1) is 15.0. The highest BCUT2D eigenvalue weighted by Crippen LogP contribution is 2.28. The fourth-order valence-corrected chi connectivity index (χ4v) is 4.26. The van der Waals surface area contributed by atoms with Gasteiger partial charge in [0.15, 0.2) is 0 Å². The summed E-state index contributed by atoms with van der Waals surface area (Å²) in [5, 5.41) is 12.8. The van der Waals surface area contributed by atoms with E-state index in [-0.39, 0.29) is 12.5 Å². The molecule has 0 radical (unpaired) electrons. The number of aliphatic hydroxyl groups excluding tert-OH is 1. The predicted octanol–water partition coefficient (Wildman–Crippen LogP) is 3.00. The number of hydrogen-bond donors (Lipinski definition) is 2. The molecule has 0 saturated carbocycles. The molecule has 21 heavy (non-hydrogen) atoms. The predicted molar refractivity (Wildman–Crippen MR) is 84.3 cm³/mol. The summed E-state index contributed by atoms with van der Waals surface area (Å²) in [6, 6.07) is 5.38. The first-order valence-electron chi connectivity index (χ1n) is 6.54. The number of halogens is 1. The van der Waals surface area contributed by atoms with Crippen LogP contribution in [-0.2, 0) is 17.8 Å². The molecule has 0 bridgehead atoms. The van der Waals surface area contributed by atoms with Crippen molar-refractivity contribution in [1.29, 1.82) is 0 Å². The Hall–Kier alpha value is -0.920. The Kier molecular flexibility index (Phi) is 4.61. The third-order valence-corrected chi connectivity index (χ3v) is 5.80. The number of ether oxygens (including phenoxy) is 1. The van der Waals surface area contributed by atoms with Crippen molar-refractivity contribution in [2.24, 2.45) is 0 Å². The molecule has 4 nitrogen and oxygen atoms in total. The minimum Gasteiger partial charge on any atom is -0.386 e. The Balaban J connectivity index is 1.60. The van der Waals surface area contributed by atoms with Crippen molar-refractivity contribution in [3.8, 4) is 0 Å². The van der Waals surface area contributed by atoms with Gasteiger partial charge in [0.2, 0.25) is 0 Å². The normalized spacial score (nSPS) is 15.5. The van der Waals surface area contributed by atoms with Gasteiger partial charge in [-0.2, -0.15) is 0 Å². The molecule has 1 aliphatic rings. The lowest BCUT2D eigenvalue weighted by molar-refractivity contribution is 0.0921. The number of hydrogen-bond acceptors (Lipinski definition) is 5. The summed E-state index contributed by atoms with van der Waals surface area (Å²) < 4.78 is 6.00. The molecule has 0 saturated heterocycles. The molecule has 0 spiro atoms. The maximum absolute atomic E-state index is 12.1. The van der Waals surface area contributed by atoms with Gasteiger partial charge in [0, 0.05) is 22.7 Å². The number of carbonyl (C=O) groups excluding carboxylic acids is 1. The fourth-order valence-electron chi connectivity index (χ4n) is 2.14. The van der Waals surface area contributed by atoms with E-state index in [0.29, 0.717) is 22.4 Å². The van der Waals surface area contributed by atoms with Crippen LogP contribution in [0.15, 0.2) is 18.2 Å². The number of nitrogens with one attached hydrogen (secondary N) is 1. The number of aliphatic hydroxyl groups is 1. The van der Waals surface area contributed by atoms with Gasteiger partial charge in [0.1, 0.15) is 6.10 Å². The summed E-state index contributed by atoms with van der Waals surface area (Å²) in [7, 11) is 0. The molecule has 1 aliphatic heterocycles. The maximum atomic E-state index is 12.1. The zero-order chi connectivity index (χ0) is 14.8. The number of amides is 1. The molecule has 0 aliphatic carbocycles. The number of thiophene rings is 2. The van der Waals surface area contributed by atoms with Crippen molar-refractivity contribution in [3.05, 3.63) is 42.7 Å². The zero-order valence-electron chi connectivity index (χ0n) is 11.1. The topological polar surface area (TPSA) is 58.6 Å². The standard InChI is InChI=1S/C14H14ClNO3S2/c15-13-2-1-11(21-13)9(17)6-16-14(18)12-5-8-7-19-4-3-10(8)20-12/h1-2,5,9,17H,3-4,6-7H2,(H,16,18). The third kappa shape index (κ3) is 3.46. The summed E-state index contributed by atoms with van der Waals surface area (Å²) in [6.07, 6.45) is 0.133. The minimum atomic E-state index is -0.732. The van der Waals surface area contributed by atoms with Gasteiger partial charge < -0.3 is 15.2 Å². The van der Waals surface area contributed by atoms with E-state index in [9.17, 15) is 9.90 Å². The van der Waals surface area contributed by atoms with Crippen LogP contribution in [-0.4, -0.2) is 24.2 Å². The highest BCUT2D eigenvalue weighted by atomic mass is 35.5. The Morgan fingerprint density at radius 3 is 3.05 bits per heavy atom. The maximum Gasteiger partial charge on any atom is 0.261 e. The molecule has 0 fully saturated rings. The smallest absolute Gasteiger partial charge is 0.261 e. The quantitative estimate of drug-likeness (QED) is 0.897. The van der Waals surface area contributed by atoms with E-state index in [1.54, 1.807) is 12.1 Å². The van der Waals surface area contributed by atoms with E-state index in [1.807, 2.05) is 6.07 Å². The second-order valence-electron chi connectivity index (χ2n) is 4.73. The van der Waals surface area contributed by atoms with Gasteiger partial charge in [0.25, 0.3) is 5.91 Å². The van der Waals surface area contributed by atoms with Crippen molar-refractivity contribution in [2.45, 2.75) is 19.1 Å². The Morgan fingerprint density at radius 2 is 2.33 bits per heavy atom. The molecule has 3 rings (SSSR count). The van der Waals surface area contributed by atoms with Crippen molar-refractivity contribution >= 4 is 40.2 Å². The molecule has 1 atom stereocenters. The molecule has 0 aromatic carbocycles. The van der Waals surface area contributed by atoms with E-state index < -0.39 is 6.10 Å². The molecular formula is C14H14ClNO3S2. The van der Waals surface area contributed by atoms with Gasteiger partial charge in [-0.15, -0.1) is 22.7 Å². The second kappa shape index (κ2) is 6.46. The van der Waals surface area contributed by atoms with E-state index in [2.05, 4.69) is 5.32 Å². The van der Waals surface area contributed by atoms with Crippen molar-refractivity contribution in [1.82, 2.24) is 5.32 Å². The van der Waals surface area contributed by atoms with Crippen molar-refractivity contribution in [3.63, 3.8) is 0 Å². The summed E-state index contributed by atoms with van der Waals surface area (Å²) in [5.41, 5.74) is 1.10. The van der Waals surface area contributed by atoms with Gasteiger partial charge in [-0.25, -0.2) is 0 Å². The van der Waals surface area contributed by atoms with Gasteiger partial charge in [-0.05, 0) is 23.8 Å². The average Bonchev–Trinajstić information content (AvgIpc) is 3.10. The van der Waals surface area contributed by atoms with Crippen LogP contribution in [0, 0.1) is 0 Å². The SMILES string of the molecule is O=C(NCC(O)c1ccc(Cl)s1)c1cc2c(s1)CCOC2. The van der Waals surface area contributed by atoms with Crippen LogP contribution in [0.3, 0.4) is 0 Å². The third-order valence-electron chi connectivity index (χ3n) is 3.23. The largest absolute Gasteiger partial charge is 0.386 e. The number of carbonyl (C=O) groups is 1. The molecule has 112 valence electrons. The molecular weight excluding hydrogens is 330 g/mol. The van der Waals surface area contributed by atoms with E-state index >= 15 is 0 Å². The van der Waals surface area contributed by atoms with Crippen molar-refractivity contribution in [2.75, 3.05) is 13.2 Å². The molecule has 7 heteroatoms. The molecule has 2 aromatic heterocycles. The Labute approximate surface area is 135 Å². The van der Waals surface area contributed by atoms with Crippen molar-refractivity contribution < 1.29 is 14.6 Å². The first-order valence-corrected chi connectivity index (χ1v) is 8.55. The van der Waals surface area contributed by atoms with Crippen LogP contribution in [0.5, 0.6) is 0 Å². The molecule has 2 aromatic rings.